The first-order valence-corrected chi connectivity index (χ1v) is 5.01. The second-order valence-corrected chi connectivity index (χ2v) is 3.72. The maximum absolute atomic E-state index is 11.7. The lowest BCUT2D eigenvalue weighted by molar-refractivity contribution is -0.121. The fourth-order valence-electron chi connectivity index (χ4n) is 1.87. The molecule has 1 aromatic rings. The molecule has 84 valence electrons. The predicted octanol–water partition coefficient (Wildman–Crippen LogP) is 0.103. The van der Waals surface area contributed by atoms with Crippen molar-refractivity contribution in [2.24, 2.45) is 5.73 Å². The van der Waals surface area contributed by atoms with E-state index in [1.54, 1.807) is 0 Å². The van der Waals surface area contributed by atoms with Gasteiger partial charge < -0.3 is 16.0 Å². The Morgan fingerprint density at radius 3 is 2.94 bits per heavy atom. The summed E-state index contributed by atoms with van der Waals surface area (Å²) in [6, 6.07) is 5.61. The number of fused-ring (bicyclic) bond motifs is 1. The summed E-state index contributed by atoms with van der Waals surface area (Å²) in [4.78, 5) is 23.9. The molecule has 5 heteroatoms. The van der Waals surface area contributed by atoms with Crippen molar-refractivity contribution >= 4 is 23.2 Å². The Kier molecular flexibility index (Phi) is 2.52. The highest BCUT2D eigenvalue weighted by Crippen LogP contribution is 2.30. The van der Waals surface area contributed by atoms with E-state index in [0.717, 1.165) is 16.9 Å². The minimum atomic E-state index is -0.501. The Bertz CT molecular complexity index is 457. The second kappa shape index (κ2) is 3.84. The molecule has 1 aliphatic rings. The van der Waals surface area contributed by atoms with E-state index in [4.69, 9.17) is 5.73 Å². The second-order valence-electron chi connectivity index (χ2n) is 3.72. The number of carbonyl (C=O) groups is 2. The number of benzene rings is 1. The summed E-state index contributed by atoms with van der Waals surface area (Å²) < 4.78 is 0. The number of hydrogen-bond donors (Lipinski definition) is 2. The van der Waals surface area contributed by atoms with Gasteiger partial charge >= 0.3 is 0 Å². The molecule has 5 nitrogen and oxygen atoms in total. The molecule has 0 spiro atoms. The smallest absolute Gasteiger partial charge is 0.237 e. The van der Waals surface area contributed by atoms with E-state index in [9.17, 15) is 9.59 Å². The number of hydrogen-bond acceptors (Lipinski definition) is 3. The Morgan fingerprint density at radius 2 is 2.31 bits per heavy atom. The number of rotatable bonds is 3. The maximum Gasteiger partial charge on any atom is 0.237 e. The normalized spacial score (nSPS) is 13.8. The van der Waals surface area contributed by atoms with Crippen LogP contribution in [0, 0.1) is 0 Å². The highest BCUT2D eigenvalue weighted by Gasteiger charge is 2.28. The zero-order valence-electron chi connectivity index (χ0n) is 8.99. The molecule has 1 heterocycles. The molecule has 0 unspecified atom stereocenters. The van der Waals surface area contributed by atoms with Crippen molar-refractivity contribution in [3.8, 4) is 0 Å². The van der Waals surface area contributed by atoms with Gasteiger partial charge in [0.25, 0.3) is 0 Å². The molecule has 2 amide bonds. The summed E-state index contributed by atoms with van der Waals surface area (Å²) in [7, 11) is 1.82. The van der Waals surface area contributed by atoms with Gasteiger partial charge in [-0.15, -0.1) is 0 Å². The molecule has 0 bridgehead atoms. The summed E-state index contributed by atoms with van der Waals surface area (Å²) in [5.74, 6) is -0.582. The molecule has 0 radical (unpaired) electrons. The fourth-order valence-corrected chi connectivity index (χ4v) is 1.87. The third-order valence-corrected chi connectivity index (χ3v) is 2.62. The van der Waals surface area contributed by atoms with Crippen LogP contribution in [0.15, 0.2) is 18.2 Å². The van der Waals surface area contributed by atoms with Crippen LogP contribution >= 0.6 is 0 Å². The molecule has 3 N–H and O–H groups in total. The van der Waals surface area contributed by atoms with E-state index in [1.165, 1.54) is 4.90 Å². The van der Waals surface area contributed by atoms with Crippen LogP contribution in [-0.4, -0.2) is 25.4 Å². The zero-order chi connectivity index (χ0) is 11.7. The van der Waals surface area contributed by atoms with Gasteiger partial charge in [0.15, 0.2) is 0 Å². The van der Waals surface area contributed by atoms with E-state index in [2.05, 4.69) is 5.32 Å². The largest absolute Gasteiger partial charge is 0.388 e. The van der Waals surface area contributed by atoms with Crippen molar-refractivity contribution in [2.75, 3.05) is 23.8 Å². The lowest BCUT2D eigenvalue weighted by atomic mass is 10.1. The van der Waals surface area contributed by atoms with Crippen LogP contribution in [0.25, 0.3) is 0 Å². The third kappa shape index (κ3) is 1.71. The molecule has 0 aromatic heterocycles. The monoisotopic (exact) mass is 219 g/mol. The van der Waals surface area contributed by atoms with Crippen molar-refractivity contribution in [3.05, 3.63) is 23.8 Å². The molecule has 16 heavy (non-hydrogen) atoms. The standard InChI is InChI=1S/C11H13N3O2/c1-13-8-2-3-9-7(4-8)5-11(16)14(9)6-10(12)15/h2-4,13H,5-6H2,1H3,(H2,12,15). The molecule has 0 fully saturated rings. The van der Waals surface area contributed by atoms with Gasteiger partial charge in [-0.2, -0.15) is 0 Å². The van der Waals surface area contributed by atoms with Gasteiger partial charge in [-0.05, 0) is 23.8 Å². The van der Waals surface area contributed by atoms with Gasteiger partial charge in [0.1, 0.15) is 6.54 Å². The van der Waals surface area contributed by atoms with Gasteiger partial charge in [0.2, 0.25) is 11.8 Å². The quantitative estimate of drug-likeness (QED) is 0.757. The average molecular weight is 219 g/mol. The van der Waals surface area contributed by atoms with Crippen molar-refractivity contribution in [1.29, 1.82) is 0 Å². The van der Waals surface area contributed by atoms with Crippen LogP contribution in [0.3, 0.4) is 0 Å². The van der Waals surface area contributed by atoms with Crippen LogP contribution in [0.2, 0.25) is 0 Å². The minimum absolute atomic E-state index is 0.0509. The Morgan fingerprint density at radius 1 is 1.56 bits per heavy atom. The third-order valence-electron chi connectivity index (χ3n) is 2.62. The van der Waals surface area contributed by atoms with Gasteiger partial charge in [-0.1, -0.05) is 0 Å². The van der Waals surface area contributed by atoms with Crippen molar-refractivity contribution in [2.45, 2.75) is 6.42 Å². The first-order chi connectivity index (χ1) is 7.61. The zero-order valence-corrected chi connectivity index (χ0v) is 8.99. The van der Waals surface area contributed by atoms with E-state index in [0.29, 0.717) is 6.42 Å². The topological polar surface area (TPSA) is 75.4 Å². The number of nitrogens with two attached hydrogens (primary N) is 1. The summed E-state index contributed by atoms with van der Waals surface area (Å²) in [5, 5.41) is 3.01. The molecule has 0 saturated carbocycles. The summed E-state index contributed by atoms with van der Waals surface area (Å²) in [5.41, 5.74) is 7.76. The number of nitrogens with one attached hydrogen (secondary N) is 1. The minimum Gasteiger partial charge on any atom is -0.388 e. The number of primary amides is 1. The molecular formula is C11H13N3O2. The Hall–Kier alpha value is -2.04. The summed E-state index contributed by atoms with van der Waals surface area (Å²) >= 11 is 0. The molecule has 2 rings (SSSR count). The Balaban J connectivity index is 2.34. The number of nitrogens with zero attached hydrogens (tertiary/aromatic N) is 1. The van der Waals surface area contributed by atoms with Crippen LogP contribution in [-0.2, 0) is 16.0 Å². The molecule has 1 aliphatic heterocycles. The molecule has 0 aliphatic carbocycles. The number of carbonyl (C=O) groups excluding carboxylic acids is 2. The lowest BCUT2D eigenvalue weighted by Crippen LogP contribution is -2.35. The average Bonchev–Trinajstić information content (AvgIpc) is 2.54. The van der Waals surface area contributed by atoms with E-state index in [1.807, 2.05) is 25.2 Å². The van der Waals surface area contributed by atoms with Gasteiger partial charge in [0, 0.05) is 18.4 Å². The van der Waals surface area contributed by atoms with E-state index < -0.39 is 5.91 Å². The first-order valence-electron chi connectivity index (χ1n) is 5.01. The lowest BCUT2D eigenvalue weighted by Gasteiger charge is -2.15. The number of anilines is 2. The van der Waals surface area contributed by atoms with Gasteiger partial charge in [-0.25, -0.2) is 0 Å². The number of amides is 2. The highest BCUT2D eigenvalue weighted by molar-refractivity contribution is 6.05. The molecule has 0 saturated heterocycles. The van der Waals surface area contributed by atoms with Crippen LogP contribution < -0.4 is 16.0 Å². The van der Waals surface area contributed by atoms with Crippen molar-refractivity contribution in [3.63, 3.8) is 0 Å². The summed E-state index contributed by atoms with van der Waals surface area (Å²) in [6.45, 7) is -0.0509. The van der Waals surface area contributed by atoms with Gasteiger partial charge in [-0.3, -0.25) is 9.59 Å². The van der Waals surface area contributed by atoms with Crippen LogP contribution in [0.1, 0.15) is 5.56 Å². The Labute approximate surface area is 93.2 Å². The fraction of sp³-hybridized carbons (Fsp3) is 0.273. The van der Waals surface area contributed by atoms with Crippen LogP contribution in [0.4, 0.5) is 11.4 Å². The predicted molar refractivity (Wildman–Crippen MR) is 61.2 cm³/mol. The molecular weight excluding hydrogens is 206 g/mol. The first kappa shape index (κ1) is 10.5. The van der Waals surface area contributed by atoms with Crippen molar-refractivity contribution in [1.82, 2.24) is 0 Å². The van der Waals surface area contributed by atoms with Crippen LogP contribution in [0.5, 0.6) is 0 Å². The van der Waals surface area contributed by atoms with E-state index in [-0.39, 0.29) is 12.5 Å². The SMILES string of the molecule is CNc1ccc2c(c1)CC(=O)N2CC(N)=O. The summed E-state index contributed by atoms with van der Waals surface area (Å²) in [6.07, 6.45) is 0.331. The maximum atomic E-state index is 11.7. The highest BCUT2D eigenvalue weighted by atomic mass is 16.2. The molecule has 0 atom stereocenters. The van der Waals surface area contributed by atoms with Gasteiger partial charge in [0.05, 0.1) is 6.42 Å². The van der Waals surface area contributed by atoms with Crippen molar-refractivity contribution < 1.29 is 9.59 Å². The molecule has 1 aromatic carbocycles. The van der Waals surface area contributed by atoms with E-state index >= 15 is 0 Å².